The summed E-state index contributed by atoms with van der Waals surface area (Å²) in [5.74, 6) is 1.39. The number of ether oxygens (including phenoxy) is 1. The number of halogens is 2. The van der Waals surface area contributed by atoms with Crippen LogP contribution < -0.4 is 10.1 Å². The molecule has 1 aromatic carbocycles. The lowest BCUT2D eigenvalue weighted by Gasteiger charge is -2.14. The highest BCUT2D eigenvalue weighted by molar-refractivity contribution is 7.98. The molecule has 0 aromatic heterocycles. The highest BCUT2D eigenvalue weighted by Gasteiger charge is 2.07. The van der Waals surface area contributed by atoms with Crippen LogP contribution in [0.1, 0.15) is 31.4 Å². The Morgan fingerprint density at radius 2 is 1.89 bits per heavy atom. The van der Waals surface area contributed by atoms with Crippen molar-refractivity contribution in [3.05, 3.63) is 29.8 Å². The minimum absolute atomic E-state index is 0.200. The van der Waals surface area contributed by atoms with Crippen molar-refractivity contribution in [3.8, 4) is 5.75 Å². The first-order valence-corrected chi connectivity index (χ1v) is 7.80. The molecule has 0 amide bonds. The number of unbranched alkanes of at least 4 members (excludes halogenated alkanes) is 1. The van der Waals surface area contributed by atoms with Crippen LogP contribution in [0.3, 0.4) is 0 Å². The van der Waals surface area contributed by atoms with Crippen molar-refractivity contribution in [1.29, 1.82) is 0 Å². The van der Waals surface area contributed by atoms with E-state index < -0.39 is 6.61 Å². The molecule has 2 nitrogen and oxygen atoms in total. The van der Waals surface area contributed by atoms with Gasteiger partial charge in [0.1, 0.15) is 5.75 Å². The minimum Gasteiger partial charge on any atom is -0.435 e. The van der Waals surface area contributed by atoms with E-state index in [0.717, 1.165) is 18.5 Å². The number of alkyl halides is 2. The summed E-state index contributed by atoms with van der Waals surface area (Å²) in [6.07, 6.45) is 4.47. The maximum Gasteiger partial charge on any atom is 0.387 e. The summed E-state index contributed by atoms with van der Waals surface area (Å²) in [5.41, 5.74) is 1.08. The average molecular weight is 289 g/mol. The molecular formula is C14H21F2NOS. The largest absolute Gasteiger partial charge is 0.435 e. The van der Waals surface area contributed by atoms with Crippen LogP contribution in [0.2, 0.25) is 0 Å². The van der Waals surface area contributed by atoms with Gasteiger partial charge in [-0.25, -0.2) is 0 Å². The Labute approximate surface area is 117 Å². The van der Waals surface area contributed by atoms with Crippen molar-refractivity contribution in [2.24, 2.45) is 0 Å². The van der Waals surface area contributed by atoms with E-state index in [1.807, 2.05) is 23.9 Å². The second kappa shape index (κ2) is 9.15. The van der Waals surface area contributed by atoms with Gasteiger partial charge < -0.3 is 10.1 Å². The van der Waals surface area contributed by atoms with Gasteiger partial charge in [-0.05, 0) is 56.0 Å². The summed E-state index contributed by atoms with van der Waals surface area (Å²) in [6, 6.07) is 7.00. The smallest absolute Gasteiger partial charge is 0.387 e. The fourth-order valence-electron chi connectivity index (χ4n) is 1.75. The zero-order valence-electron chi connectivity index (χ0n) is 11.4. The minimum atomic E-state index is -2.77. The number of nitrogens with one attached hydrogen (secondary N) is 1. The van der Waals surface area contributed by atoms with Crippen LogP contribution >= 0.6 is 11.8 Å². The van der Waals surface area contributed by atoms with Crippen LogP contribution in [0, 0.1) is 0 Å². The van der Waals surface area contributed by atoms with Crippen molar-refractivity contribution in [2.45, 2.75) is 32.4 Å². The van der Waals surface area contributed by atoms with Crippen molar-refractivity contribution >= 4 is 11.8 Å². The number of hydrogen-bond donors (Lipinski definition) is 1. The molecular weight excluding hydrogens is 268 g/mol. The molecule has 5 heteroatoms. The summed E-state index contributed by atoms with van der Waals surface area (Å²) in [4.78, 5) is 0. The van der Waals surface area contributed by atoms with Gasteiger partial charge in [0, 0.05) is 6.04 Å². The van der Waals surface area contributed by atoms with Crippen LogP contribution in [0.5, 0.6) is 5.75 Å². The Kier molecular flexibility index (Phi) is 7.82. The molecule has 0 saturated heterocycles. The molecule has 0 saturated carbocycles. The molecule has 0 aliphatic rings. The topological polar surface area (TPSA) is 21.3 Å². The Morgan fingerprint density at radius 3 is 2.47 bits per heavy atom. The maximum absolute atomic E-state index is 12.0. The molecule has 0 radical (unpaired) electrons. The van der Waals surface area contributed by atoms with E-state index in [2.05, 4.69) is 23.2 Å². The zero-order chi connectivity index (χ0) is 14.1. The number of benzene rings is 1. The highest BCUT2D eigenvalue weighted by atomic mass is 32.2. The van der Waals surface area contributed by atoms with Crippen LogP contribution in [0.25, 0.3) is 0 Å². The average Bonchev–Trinajstić information content (AvgIpc) is 2.38. The van der Waals surface area contributed by atoms with Crippen LogP contribution in [-0.4, -0.2) is 25.2 Å². The fourth-order valence-corrected chi connectivity index (χ4v) is 2.24. The number of thioether (sulfide) groups is 1. The van der Waals surface area contributed by atoms with Crippen molar-refractivity contribution in [1.82, 2.24) is 5.32 Å². The van der Waals surface area contributed by atoms with E-state index in [1.165, 1.54) is 12.2 Å². The summed E-state index contributed by atoms with van der Waals surface area (Å²) in [6.45, 7) is 0.270. The van der Waals surface area contributed by atoms with Gasteiger partial charge in [0.25, 0.3) is 0 Å². The van der Waals surface area contributed by atoms with Gasteiger partial charge in [0.15, 0.2) is 0 Å². The summed E-state index contributed by atoms with van der Waals surface area (Å²) >= 11 is 1.86. The lowest BCUT2D eigenvalue weighted by Crippen LogP contribution is -2.19. The molecule has 19 heavy (non-hydrogen) atoms. The molecule has 0 aliphatic heterocycles. The van der Waals surface area contributed by atoms with Crippen molar-refractivity contribution in [3.63, 3.8) is 0 Å². The lowest BCUT2D eigenvalue weighted by molar-refractivity contribution is -0.0498. The number of hydrogen-bond acceptors (Lipinski definition) is 3. The van der Waals surface area contributed by atoms with Crippen LogP contribution in [0.4, 0.5) is 8.78 Å². The lowest BCUT2D eigenvalue weighted by atomic mass is 10.1. The molecule has 0 heterocycles. The van der Waals surface area contributed by atoms with Gasteiger partial charge >= 0.3 is 6.61 Å². The van der Waals surface area contributed by atoms with E-state index in [0.29, 0.717) is 0 Å². The molecule has 0 fully saturated rings. The SMILES string of the molecule is CSCCCCNC(C)c1ccc(OC(F)F)cc1. The Morgan fingerprint density at radius 1 is 1.21 bits per heavy atom. The van der Waals surface area contributed by atoms with E-state index in [-0.39, 0.29) is 11.8 Å². The van der Waals surface area contributed by atoms with Gasteiger partial charge in [-0.3, -0.25) is 0 Å². The third-order valence-corrected chi connectivity index (χ3v) is 3.53. The monoisotopic (exact) mass is 289 g/mol. The van der Waals surface area contributed by atoms with Crippen LogP contribution in [0.15, 0.2) is 24.3 Å². The molecule has 1 N–H and O–H groups in total. The molecule has 1 atom stereocenters. The van der Waals surface area contributed by atoms with Gasteiger partial charge in [0.2, 0.25) is 0 Å². The second-order valence-electron chi connectivity index (χ2n) is 4.32. The molecule has 0 aliphatic carbocycles. The first-order valence-electron chi connectivity index (χ1n) is 6.40. The highest BCUT2D eigenvalue weighted by Crippen LogP contribution is 2.19. The third kappa shape index (κ3) is 6.78. The molecule has 1 aromatic rings. The van der Waals surface area contributed by atoms with E-state index in [4.69, 9.17) is 0 Å². The van der Waals surface area contributed by atoms with Gasteiger partial charge in [-0.1, -0.05) is 12.1 Å². The predicted molar refractivity (Wildman–Crippen MR) is 77.1 cm³/mol. The fraction of sp³-hybridized carbons (Fsp3) is 0.571. The summed E-state index contributed by atoms with van der Waals surface area (Å²) < 4.78 is 28.3. The first kappa shape index (κ1) is 16.2. The predicted octanol–water partition coefficient (Wildman–Crippen LogP) is 4.08. The normalized spacial score (nSPS) is 12.7. The van der Waals surface area contributed by atoms with Gasteiger partial charge in [0.05, 0.1) is 0 Å². The van der Waals surface area contributed by atoms with Crippen molar-refractivity contribution in [2.75, 3.05) is 18.6 Å². The third-order valence-electron chi connectivity index (χ3n) is 2.83. The number of rotatable bonds is 9. The van der Waals surface area contributed by atoms with Gasteiger partial charge in [-0.15, -0.1) is 0 Å². The standard InChI is InChI=1S/C14H21F2NOS/c1-11(17-9-3-4-10-19-2)12-5-7-13(8-6-12)18-14(15)16/h5-8,11,14,17H,3-4,9-10H2,1-2H3. The molecule has 0 spiro atoms. The van der Waals surface area contributed by atoms with Gasteiger partial charge in [-0.2, -0.15) is 20.5 Å². The van der Waals surface area contributed by atoms with Crippen LogP contribution in [-0.2, 0) is 0 Å². The quantitative estimate of drug-likeness (QED) is 0.692. The summed E-state index contributed by atoms with van der Waals surface area (Å²) in [7, 11) is 0. The van der Waals surface area contributed by atoms with E-state index in [1.54, 1.807) is 12.1 Å². The summed E-state index contributed by atoms with van der Waals surface area (Å²) in [5, 5.41) is 3.42. The Bertz CT molecular complexity index is 346. The zero-order valence-corrected chi connectivity index (χ0v) is 12.2. The molecule has 108 valence electrons. The molecule has 0 bridgehead atoms. The Hall–Kier alpha value is -0.810. The maximum atomic E-state index is 12.0. The van der Waals surface area contributed by atoms with Crippen molar-refractivity contribution < 1.29 is 13.5 Å². The van der Waals surface area contributed by atoms with E-state index in [9.17, 15) is 8.78 Å². The first-order chi connectivity index (χ1) is 9.13. The second-order valence-corrected chi connectivity index (χ2v) is 5.31. The van der Waals surface area contributed by atoms with E-state index >= 15 is 0 Å². The Balaban J connectivity index is 2.33. The molecule has 1 unspecified atom stereocenters. The molecule has 1 rings (SSSR count).